The van der Waals surface area contributed by atoms with Gasteiger partial charge in [-0.1, -0.05) is 70.4 Å². The summed E-state index contributed by atoms with van der Waals surface area (Å²) >= 11 is 0. The molecule has 0 saturated carbocycles. The van der Waals surface area contributed by atoms with E-state index >= 15 is 0 Å². The molecule has 0 fully saturated rings. The van der Waals surface area contributed by atoms with Gasteiger partial charge >= 0.3 is 0 Å². The summed E-state index contributed by atoms with van der Waals surface area (Å²) in [5.74, 6) is -1.03. The molecule has 1 unspecified atom stereocenters. The van der Waals surface area contributed by atoms with Crippen LogP contribution in [-0.2, 0) is 9.59 Å². The third kappa shape index (κ3) is 17.3. The lowest BCUT2D eigenvalue weighted by Gasteiger charge is -2.08. The second-order valence-electron chi connectivity index (χ2n) is 6.82. The fraction of sp³-hybridized carbons (Fsp3) is 0.762. The van der Waals surface area contributed by atoms with E-state index in [2.05, 4.69) is 31.3 Å². The Labute approximate surface area is 155 Å². The van der Waals surface area contributed by atoms with Crippen molar-refractivity contribution in [1.29, 1.82) is 0 Å². The molecule has 2 N–H and O–H groups in total. The van der Waals surface area contributed by atoms with Crippen LogP contribution in [0.5, 0.6) is 0 Å². The summed E-state index contributed by atoms with van der Waals surface area (Å²) in [6.45, 7) is 5.68. The molecular weight excluding hydrogens is 312 g/mol. The predicted molar refractivity (Wildman–Crippen MR) is 105 cm³/mol. The highest BCUT2D eigenvalue weighted by Crippen LogP contribution is 2.10. The second kappa shape index (κ2) is 17.5. The topological polar surface area (TPSA) is 70.0 Å². The number of carbonyl (C=O) groups is 2. The summed E-state index contributed by atoms with van der Waals surface area (Å²) in [6, 6.07) is -0.935. The Morgan fingerprint density at radius 3 is 1.88 bits per heavy atom. The molecule has 0 aliphatic carbocycles. The molecule has 4 nitrogen and oxygen atoms in total. The lowest BCUT2D eigenvalue weighted by molar-refractivity contribution is -0.126. The molecule has 0 aromatic rings. The minimum absolute atomic E-state index is 0.182. The Hall–Kier alpha value is -1.32. The molecule has 0 rings (SSSR count). The first-order chi connectivity index (χ1) is 12.1. The van der Waals surface area contributed by atoms with Crippen molar-refractivity contribution in [3.8, 4) is 0 Å². The molecule has 0 aliphatic rings. The second-order valence-corrected chi connectivity index (χ2v) is 6.82. The van der Waals surface area contributed by atoms with Gasteiger partial charge in [-0.3, -0.25) is 15.3 Å². The summed E-state index contributed by atoms with van der Waals surface area (Å²) < 4.78 is 0. The molecule has 0 spiro atoms. The predicted octanol–water partition coefficient (Wildman–Crippen LogP) is 5.15. The Balaban J connectivity index is 3.29. The van der Waals surface area contributed by atoms with E-state index in [1.807, 2.05) is 0 Å². The van der Waals surface area contributed by atoms with E-state index in [-0.39, 0.29) is 5.91 Å². The molecule has 2 radical (unpaired) electrons. The molecule has 4 heteroatoms. The van der Waals surface area contributed by atoms with Gasteiger partial charge in [0, 0.05) is 6.42 Å². The van der Waals surface area contributed by atoms with E-state index in [1.54, 1.807) is 0 Å². The minimum atomic E-state index is -0.935. The molecule has 144 valence electrons. The average Bonchev–Trinajstić information content (AvgIpc) is 2.58. The average molecular weight is 351 g/mol. The number of carbonyl (C=O) groups excluding carboxylic acids is 2. The molecule has 0 heterocycles. The summed E-state index contributed by atoms with van der Waals surface area (Å²) in [5, 5.41) is 2.43. The van der Waals surface area contributed by atoms with E-state index in [1.165, 1.54) is 57.8 Å². The fourth-order valence-electron chi connectivity index (χ4n) is 2.69. The highest BCUT2D eigenvalue weighted by Gasteiger charge is 2.12. The Morgan fingerprint density at radius 1 is 0.880 bits per heavy atom. The molecular formula is C21H38N2O2. The van der Waals surface area contributed by atoms with E-state index in [0.29, 0.717) is 6.42 Å². The number of hydrogen-bond donors (Lipinski definition) is 1. The fourth-order valence-corrected chi connectivity index (χ4v) is 2.69. The minimum Gasteiger partial charge on any atom is -0.344 e. The molecule has 0 aromatic heterocycles. The van der Waals surface area contributed by atoms with Crippen LogP contribution in [0, 0.1) is 6.92 Å². The maximum absolute atomic E-state index is 11.5. The van der Waals surface area contributed by atoms with Crippen LogP contribution in [0.3, 0.4) is 0 Å². The Bertz CT molecular complexity index is 367. The van der Waals surface area contributed by atoms with Gasteiger partial charge < -0.3 is 5.32 Å². The molecule has 1 atom stereocenters. The maximum atomic E-state index is 11.5. The normalized spacial score (nSPS) is 12.4. The van der Waals surface area contributed by atoms with Crippen molar-refractivity contribution in [1.82, 2.24) is 11.1 Å². The van der Waals surface area contributed by atoms with Crippen molar-refractivity contribution in [2.45, 2.75) is 103 Å². The van der Waals surface area contributed by atoms with Gasteiger partial charge in [0.15, 0.2) is 0 Å². The maximum Gasteiger partial charge on any atom is 0.260 e. The van der Waals surface area contributed by atoms with Crippen molar-refractivity contribution < 1.29 is 9.59 Å². The number of hydrogen-bond acceptors (Lipinski definition) is 2. The molecule has 25 heavy (non-hydrogen) atoms. The molecule has 0 bridgehead atoms. The van der Waals surface area contributed by atoms with Gasteiger partial charge in [-0.2, -0.15) is 0 Å². The summed E-state index contributed by atoms with van der Waals surface area (Å²) in [5.41, 5.74) is 6.85. The third-order valence-corrected chi connectivity index (χ3v) is 4.32. The zero-order chi connectivity index (χ0) is 18.8. The van der Waals surface area contributed by atoms with Crippen LogP contribution in [0.1, 0.15) is 96.8 Å². The Morgan fingerprint density at radius 2 is 1.36 bits per heavy atom. The smallest absolute Gasteiger partial charge is 0.260 e. The van der Waals surface area contributed by atoms with Crippen molar-refractivity contribution in [2.75, 3.05) is 0 Å². The lowest BCUT2D eigenvalue weighted by atomic mass is 10.1. The van der Waals surface area contributed by atoms with Crippen molar-refractivity contribution >= 4 is 11.8 Å². The van der Waals surface area contributed by atoms with Crippen molar-refractivity contribution in [2.24, 2.45) is 0 Å². The largest absolute Gasteiger partial charge is 0.344 e. The lowest BCUT2D eigenvalue weighted by Crippen LogP contribution is -2.39. The first-order valence-electron chi connectivity index (χ1n) is 10.1. The standard InChI is InChI=1S/C21H38N2O2/c1-3-4-5-6-7-8-9-10-11-12-13-14-15-16-17-18-20(24)23-19(2)21(22)25/h10-11,19,22H,2-9,12-18H2,1H3,(H,23,24)/b11-10-. The van der Waals surface area contributed by atoms with Gasteiger partial charge in [-0.05, 0) is 39.0 Å². The van der Waals surface area contributed by atoms with E-state index < -0.39 is 11.9 Å². The highest BCUT2D eigenvalue weighted by atomic mass is 16.2. The van der Waals surface area contributed by atoms with E-state index in [0.717, 1.165) is 25.7 Å². The molecule has 0 aromatic carbocycles. The van der Waals surface area contributed by atoms with Crippen LogP contribution in [0.15, 0.2) is 12.2 Å². The van der Waals surface area contributed by atoms with E-state index in [4.69, 9.17) is 5.73 Å². The molecule has 0 aliphatic heterocycles. The first kappa shape index (κ1) is 23.7. The number of allylic oxidation sites excluding steroid dienone is 2. The molecule has 2 amide bonds. The van der Waals surface area contributed by atoms with Crippen LogP contribution in [-0.4, -0.2) is 17.9 Å². The zero-order valence-corrected chi connectivity index (χ0v) is 16.2. The van der Waals surface area contributed by atoms with Gasteiger partial charge in [0.25, 0.3) is 5.91 Å². The van der Waals surface area contributed by atoms with Gasteiger partial charge in [0.1, 0.15) is 6.04 Å². The van der Waals surface area contributed by atoms with Crippen LogP contribution in [0.2, 0.25) is 0 Å². The van der Waals surface area contributed by atoms with Gasteiger partial charge in [-0.25, -0.2) is 0 Å². The van der Waals surface area contributed by atoms with Crippen molar-refractivity contribution in [3.05, 3.63) is 19.1 Å². The van der Waals surface area contributed by atoms with Gasteiger partial charge in [0.2, 0.25) is 5.91 Å². The number of nitrogens with one attached hydrogen (secondary N) is 2. The summed E-state index contributed by atoms with van der Waals surface area (Å²) in [4.78, 5) is 22.2. The first-order valence-corrected chi connectivity index (χ1v) is 10.1. The summed E-state index contributed by atoms with van der Waals surface area (Å²) in [6.07, 6.45) is 21.0. The zero-order valence-electron chi connectivity index (χ0n) is 16.2. The third-order valence-electron chi connectivity index (χ3n) is 4.32. The number of rotatable bonds is 17. The number of amides is 2. The SMILES string of the molecule is [CH2]C(NC(=O)CCCCCCC/C=C\CCCCCCCC)C([NH])=O. The van der Waals surface area contributed by atoms with Gasteiger partial charge in [-0.15, -0.1) is 0 Å². The van der Waals surface area contributed by atoms with Crippen LogP contribution >= 0.6 is 0 Å². The highest BCUT2D eigenvalue weighted by molar-refractivity contribution is 5.86. The Kier molecular flexibility index (Phi) is 16.6. The van der Waals surface area contributed by atoms with Crippen LogP contribution < -0.4 is 11.1 Å². The summed E-state index contributed by atoms with van der Waals surface area (Å²) in [7, 11) is 0. The van der Waals surface area contributed by atoms with Crippen LogP contribution in [0.4, 0.5) is 0 Å². The molecule has 0 saturated heterocycles. The quantitative estimate of drug-likeness (QED) is 0.291. The van der Waals surface area contributed by atoms with Crippen LogP contribution in [0.25, 0.3) is 0 Å². The van der Waals surface area contributed by atoms with Gasteiger partial charge in [0.05, 0.1) is 0 Å². The van der Waals surface area contributed by atoms with Crippen molar-refractivity contribution in [3.63, 3.8) is 0 Å². The number of unbranched alkanes of at least 4 members (excludes halogenated alkanes) is 11. The van der Waals surface area contributed by atoms with E-state index in [9.17, 15) is 9.59 Å². The monoisotopic (exact) mass is 350 g/mol.